The van der Waals surface area contributed by atoms with Gasteiger partial charge in [0, 0.05) is 24.4 Å². The molecule has 0 radical (unpaired) electrons. The normalized spacial score (nSPS) is 10.7. The Morgan fingerprint density at radius 2 is 1.95 bits per heavy atom. The number of aromatic nitrogens is 1. The Bertz CT molecular complexity index is 776. The van der Waals surface area contributed by atoms with E-state index >= 15 is 0 Å². The average molecular weight is 291 g/mol. The zero-order chi connectivity index (χ0) is 15.7. The van der Waals surface area contributed by atoms with Crippen molar-refractivity contribution < 1.29 is 19.4 Å². The molecule has 0 fully saturated rings. The lowest BCUT2D eigenvalue weighted by Crippen LogP contribution is -2.20. The van der Waals surface area contributed by atoms with Crippen LogP contribution in [0, 0.1) is 6.92 Å². The lowest BCUT2D eigenvalue weighted by molar-refractivity contribution is -0.136. The number of nitrogens with zero attached hydrogens (tertiary/aromatic N) is 1. The third kappa shape index (κ3) is 2.44. The van der Waals surface area contributed by atoms with Crippen molar-refractivity contribution in [2.24, 2.45) is 7.05 Å². The van der Waals surface area contributed by atoms with Gasteiger partial charge in [-0.05, 0) is 13.0 Å². The second kappa shape index (κ2) is 5.47. The molecule has 112 valence electrons. The van der Waals surface area contributed by atoms with Gasteiger partial charge in [-0.1, -0.05) is 0 Å². The third-order valence-corrected chi connectivity index (χ3v) is 3.63. The number of pyridine rings is 1. The van der Waals surface area contributed by atoms with Crippen LogP contribution in [0.5, 0.6) is 11.5 Å². The third-order valence-electron chi connectivity index (χ3n) is 3.63. The summed E-state index contributed by atoms with van der Waals surface area (Å²) in [5.41, 5.74) is 1.20. The molecule has 0 amide bonds. The summed E-state index contributed by atoms with van der Waals surface area (Å²) < 4.78 is 12.3. The number of carboxylic acid groups (broad SMARTS) is 1. The molecule has 1 aromatic heterocycles. The highest BCUT2D eigenvalue weighted by Gasteiger charge is 2.18. The van der Waals surface area contributed by atoms with Crippen molar-refractivity contribution >= 4 is 16.9 Å². The van der Waals surface area contributed by atoms with Crippen LogP contribution in [0.4, 0.5) is 0 Å². The number of rotatable bonds is 4. The van der Waals surface area contributed by atoms with Gasteiger partial charge in [-0.3, -0.25) is 9.59 Å². The Labute approximate surface area is 121 Å². The van der Waals surface area contributed by atoms with E-state index in [2.05, 4.69) is 0 Å². The number of benzene rings is 1. The molecular weight excluding hydrogens is 274 g/mol. The molecule has 6 heteroatoms. The summed E-state index contributed by atoms with van der Waals surface area (Å²) in [6.45, 7) is 1.72. The van der Waals surface area contributed by atoms with Crippen molar-refractivity contribution in [1.29, 1.82) is 0 Å². The van der Waals surface area contributed by atoms with E-state index in [9.17, 15) is 9.59 Å². The second-order valence-corrected chi connectivity index (χ2v) is 4.75. The zero-order valence-corrected chi connectivity index (χ0v) is 12.4. The van der Waals surface area contributed by atoms with E-state index in [0.717, 1.165) is 0 Å². The van der Waals surface area contributed by atoms with Crippen molar-refractivity contribution in [2.75, 3.05) is 14.2 Å². The number of hydrogen-bond acceptors (Lipinski definition) is 4. The summed E-state index contributed by atoms with van der Waals surface area (Å²) in [6.07, 6.45) is -0.312. The topological polar surface area (TPSA) is 77.8 Å². The number of aryl methyl sites for hydroxylation is 1. The van der Waals surface area contributed by atoms with Gasteiger partial charge in [-0.25, -0.2) is 0 Å². The summed E-state index contributed by atoms with van der Waals surface area (Å²) in [5, 5.41) is 9.37. The van der Waals surface area contributed by atoms with Gasteiger partial charge < -0.3 is 19.1 Å². The first-order valence-corrected chi connectivity index (χ1v) is 6.36. The van der Waals surface area contributed by atoms with E-state index in [0.29, 0.717) is 28.1 Å². The molecule has 0 aliphatic heterocycles. The Kier molecular flexibility index (Phi) is 3.88. The summed E-state index contributed by atoms with van der Waals surface area (Å²) in [7, 11) is 4.79. The molecule has 1 heterocycles. The molecule has 0 aliphatic rings. The van der Waals surface area contributed by atoms with Crippen LogP contribution in [0.2, 0.25) is 0 Å². The van der Waals surface area contributed by atoms with Crippen molar-refractivity contribution in [3.63, 3.8) is 0 Å². The van der Waals surface area contributed by atoms with Crippen molar-refractivity contribution in [3.05, 3.63) is 33.6 Å². The lowest BCUT2D eigenvalue weighted by atomic mass is 10.0. The number of fused-ring (bicyclic) bond motifs is 1. The van der Waals surface area contributed by atoms with E-state index in [1.807, 2.05) is 0 Å². The molecule has 1 N–H and O–H groups in total. The quantitative estimate of drug-likeness (QED) is 0.923. The van der Waals surface area contributed by atoms with Gasteiger partial charge in [0.05, 0.1) is 31.5 Å². The summed E-state index contributed by atoms with van der Waals surface area (Å²) in [5.74, 6) is -0.0417. The molecule has 21 heavy (non-hydrogen) atoms. The molecule has 0 bridgehead atoms. The van der Waals surface area contributed by atoms with E-state index in [1.165, 1.54) is 14.2 Å². The molecule has 2 aromatic rings. The molecule has 0 saturated heterocycles. The molecule has 0 unspecified atom stereocenters. The minimum atomic E-state index is -1.04. The van der Waals surface area contributed by atoms with Gasteiger partial charge >= 0.3 is 5.97 Å². The first kappa shape index (κ1) is 14.9. The van der Waals surface area contributed by atoms with Gasteiger partial charge in [0.25, 0.3) is 0 Å². The van der Waals surface area contributed by atoms with Crippen LogP contribution in [0.3, 0.4) is 0 Å². The SMILES string of the molecule is COc1cc(OC)c2c(c1)c(=O)c(CC(=O)O)c(C)n2C. The summed E-state index contributed by atoms with van der Waals surface area (Å²) in [4.78, 5) is 23.6. The Hall–Kier alpha value is -2.50. The van der Waals surface area contributed by atoms with E-state index in [1.54, 1.807) is 30.7 Å². The number of ether oxygens (including phenoxy) is 2. The number of carbonyl (C=O) groups is 1. The van der Waals surface area contributed by atoms with Crippen LogP contribution in [-0.4, -0.2) is 29.9 Å². The number of methoxy groups -OCH3 is 2. The number of carboxylic acids is 1. The Morgan fingerprint density at radius 3 is 2.48 bits per heavy atom. The summed E-state index contributed by atoms with van der Waals surface area (Å²) >= 11 is 0. The summed E-state index contributed by atoms with van der Waals surface area (Å²) in [6, 6.07) is 3.29. The zero-order valence-electron chi connectivity index (χ0n) is 12.4. The highest BCUT2D eigenvalue weighted by molar-refractivity contribution is 5.88. The van der Waals surface area contributed by atoms with Crippen LogP contribution in [0.15, 0.2) is 16.9 Å². The fourth-order valence-corrected chi connectivity index (χ4v) is 2.43. The van der Waals surface area contributed by atoms with Crippen LogP contribution in [0.25, 0.3) is 10.9 Å². The Balaban J connectivity index is 2.94. The van der Waals surface area contributed by atoms with Gasteiger partial charge in [0.1, 0.15) is 11.5 Å². The minimum Gasteiger partial charge on any atom is -0.497 e. The Morgan fingerprint density at radius 1 is 1.29 bits per heavy atom. The number of hydrogen-bond donors (Lipinski definition) is 1. The molecule has 0 atom stereocenters. The van der Waals surface area contributed by atoms with Crippen molar-refractivity contribution in [2.45, 2.75) is 13.3 Å². The molecular formula is C15H17NO5. The molecule has 0 aliphatic carbocycles. The molecule has 6 nitrogen and oxygen atoms in total. The second-order valence-electron chi connectivity index (χ2n) is 4.75. The van der Waals surface area contributed by atoms with E-state index in [-0.39, 0.29) is 17.4 Å². The highest BCUT2D eigenvalue weighted by atomic mass is 16.5. The van der Waals surface area contributed by atoms with Crippen LogP contribution in [-0.2, 0) is 18.3 Å². The lowest BCUT2D eigenvalue weighted by Gasteiger charge is -2.16. The van der Waals surface area contributed by atoms with E-state index < -0.39 is 5.97 Å². The van der Waals surface area contributed by atoms with Gasteiger partial charge in [0.15, 0.2) is 5.43 Å². The predicted molar refractivity (Wildman–Crippen MR) is 78.4 cm³/mol. The van der Waals surface area contributed by atoms with Crippen LogP contribution >= 0.6 is 0 Å². The first-order valence-electron chi connectivity index (χ1n) is 6.36. The minimum absolute atomic E-state index is 0.271. The standard InChI is InChI=1S/C15H17NO5/c1-8-10(7-13(17)18)15(19)11-5-9(20-3)6-12(21-4)14(11)16(8)2/h5-6H,7H2,1-4H3,(H,17,18). The molecule has 2 rings (SSSR count). The fraction of sp³-hybridized carbons (Fsp3) is 0.333. The maximum absolute atomic E-state index is 12.6. The van der Waals surface area contributed by atoms with Crippen molar-refractivity contribution in [3.8, 4) is 11.5 Å². The fourth-order valence-electron chi connectivity index (χ4n) is 2.43. The molecule has 1 aromatic carbocycles. The maximum atomic E-state index is 12.6. The monoisotopic (exact) mass is 291 g/mol. The van der Waals surface area contributed by atoms with Gasteiger partial charge in [-0.2, -0.15) is 0 Å². The van der Waals surface area contributed by atoms with Crippen LogP contribution in [0.1, 0.15) is 11.3 Å². The van der Waals surface area contributed by atoms with E-state index in [4.69, 9.17) is 14.6 Å². The van der Waals surface area contributed by atoms with Gasteiger partial charge in [-0.15, -0.1) is 0 Å². The average Bonchev–Trinajstić information content (AvgIpc) is 2.47. The maximum Gasteiger partial charge on any atom is 0.308 e. The van der Waals surface area contributed by atoms with Gasteiger partial charge in [0.2, 0.25) is 0 Å². The molecule has 0 saturated carbocycles. The highest BCUT2D eigenvalue weighted by Crippen LogP contribution is 2.30. The molecule has 0 spiro atoms. The first-order chi connectivity index (χ1) is 9.90. The number of aliphatic carboxylic acids is 1. The van der Waals surface area contributed by atoms with Crippen molar-refractivity contribution in [1.82, 2.24) is 4.57 Å². The smallest absolute Gasteiger partial charge is 0.308 e. The largest absolute Gasteiger partial charge is 0.497 e. The van der Waals surface area contributed by atoms with Crippen LogP contribution < -0.4 is 14.9 Å². The predicted octanol–water partition coefficient (Wildman–Crippen LogP) is 1.49.